The number of para-hydroxylation sites is 1. The Hall–Kier alpha value is -2.48. The van der Waals surface area contributed by atoms with Crippen LogP contribution in [0.25, 0.3) is 10.2 Å². The van der Waals surface area contributed by atoms with Crippen molar-refractivity contribution in [1.29, 1.82) is 0 Å². The van der Waals surface area contributed by atoms with Crippen molar-refractivity contribution in [1.82, 2.24) is 15.0 Å². The van der Waals surface area contributed by atoms with Gasteiger partial charge in [-0.25, -0.2) is 9.37 Å². The van der Waals surface area contributed by atoms with E-state index >= 15 is 0 Å². The fraction of sp³-hybridized carbons (Fsp3) is 0.267. The molecule has 2 aromatic heterocycles. The Morgan fingerprint density at radius 1 is 1.22 bits per heavy atom. The van der Waals surface area contributed by atoms with Gasteiger partial charge in [-0.2, -0.15) is 0 Å². The molecule has 3 aromatic rings. The van der Waals surface area contributed by atoms with Gasteiger partial charge in [-0.05, 0) is 12.1 Å². The Morgan fingerprint density at radius 3 is 2.74 bits per heavy atom. The summed E-state index contributed by atoms with van der Waals surface area (Å²) in [5.41, 5.74) is 0.410. The number of benzene rings is 1. The van der Waals surface area contributed by atoms with Gasteiger partial charge < -0.3 is 14.3 Å². The number of anilines is 1. The standard InChI is InChI=1S/C15H13FN4O2S/c16-10-2-1-3-12-13(10)18-15(23-12)20-8-6-19(7-9-20)14(21)11-4-5-17-22-11/h1-5H,6-9H2. The molecule has 1 aliphatic rings. The molecule has 23 heavy (non-hydrogen) atoms. The van der Waals surface area contributed by atoms with E-state index in [-0.39, 0.29) is 17.5 Å². The van der Waals surface area contributed by atoms with Crippen LogP contribution in [0.3, 0.4) is 0 Å². The highest BCUT2D eigenvalue weighted by molar-refractivity contribution is 7.22. The van der Waals surface area contributed by atoms with Crippen LogP contribution in [0.2, 0.25) is 0 Å². The topological polar surface area (TPSA) is 62.5 Å². The Labute approximate surface area is 135 Å². The first-order valence-corrected chi connectivity index (χ1v) is 8.04. The highest BCUT2D eigenvalue weighted by Crippen LogP contribution is 2.30. The second-order valence-electron chi connectivity index (χ2n) is 5.24. The van der Waals surface area contributed by atoms with Crippen LogP contribution in [0.4, 0.5) is 9.52 Å². The average molecular weight is 332 g/mol. The van der Waals surface area contributed by atoms with Crippen molar-refractivity contribution in [2.24, 2.45) is 0 Å². The summed E-state index contributed by atoms with van der Waals surface area (Å²) in [5.74, 6) is -0.206. The normalized spacial score (nSPS) is 15.3. The fourth-order valence-corrected chi connectivity index (χ4v) is 3.65. The van der Waals surface area contributed by atoms with E-state index in [0.717, 1.165) is 9.83 Å². The van der Waals surface area contributed by atoms with Crippen LogP contribution in [0, 0.1) is 5.82 Å². The van der Waals surface area contributed by atoms with Crippen molar-refractivity contribution < 1.29 is 13.7 Å². The molecule has 3 heterocycles. The molecule has 4 rings (SSSR count). The predicted octanol–water partition coefficient (Wildman–Crippen LogP) is 2.39. The van der Waals surface area contributed by atoms with E-state index in [2.05, 4.69) is 15.0 Å². The van der Waals surface area contributed by atoms with Gasteiger partial charge in [-0.3, -0.25) is 4.79 Å². The highest BCUT2D eigenvalue weighted by Gasteiger charge is 2.25. The summed E-state index contributed by atoms with van der Waals surface area (Å²) in [4.78, 5) is 20.4. The molecule has 1 saturated heterocycles. The number of amides is 1. The summed E-state index contributed by atoms with van der Waals surface area (Å²) in [6, 6.07) is 6.53. The summed E-state index contributed by atoms with van der Waals surface area (Å²) in [7, 11) is 0. The molecular weight excluding hydrogens is 319 g/mol. The SMILES string of the molecule is O=C(c1ccno1)N1CCN(c2nc3c(F)cccc3s2)CC1. The Morgan fingerprint density at radius 2 is 2.04 bits per heavy atom. The zero-order chi connectivity index (χ0) is 15.8. The van der Waals surface area contributed by atoms with Gasteiger partial charge in [0.05, 0.1) is 10.9 Å². The van der Waals surface area contributed by atoms with Gasteiger partial charge in [-0.1, -0.05) is 22.6 Å². The molecule has 118 valence electrons. The quantitative estimate of drug-likeness (QED) is 0.721. The third-order valence-corrected chi connectivity index (χ3v) is 4.93. The molecule has 1 aliphatic heterocycles. The third kappa shape index (κ3) is 2.55. The summed E-state index contributed by atoms with van der Waals surface area (Å²) in [5, 5.41) is 4.35. The number of carbonyl (C=O) groups is 1. The zero-order valence-corrected chi connectivity index (χ0v) is 12.9. The minimum absolute atomic E-state index is 0.155. The minimum Gasteiger partial charge on any atom is -0.351 e. The van der Waals surface area contributed by atoms with Crippen molar-refractivity contribution in [3.05, 3.63) is 42.0 Å². The monoisotopic (exact) mass is 332 g/mol. The second-order valence-corrected chi connectivity index (χ2v) is 6.25. The van der Waals surface area contributed by atoms with Gasteiger partial charge in [-0.15, -0.1) is 0 Å². The maximum Gasteiger partial charge on any atom is 0.292 e. The molecule has 0 unspecified atom stereocenters. The smallest absolute Gasteiger partial charge is 0.292 e. The molecule has 0 spiro atoms. The van der Waals surface area contributed by atoms with Crippen LogP contribution in [-0.2, 0) is 0 Å². The van der Waals surface area contributed by atoms with Gasteiger partial charge in [0.1, 0.15) is 11.3 Å². The summed E-state index contributed by atoms with van der Waals surface area (Å²) < 4.78 is 19.5. The average Bonchev–Trinajstić information content (AvgIpc) is 3.24. The van der Waals surface area contributed by atoms with Gasteiger partial charge >= 0.3 is 0 Å². The van der Waals surface area contributed by atoms with Crippen LogP contribution in [0.15, 0.2) is 35.0 Å². The molecule has 0 atom stereocenters. The van der Waals surface area contributed by atoms with Crippen molar-refractivity contribution in [2.75, 3.05) is 31.1 Å². The lowest BCUT2D eigenvalue weighted by Crippen LogP contribution is -2.48. The van der Waals surface area contributed by atoms with E-state index in [1.807, 2.05) is 6.07 Å². The molecule has 0 bridgehead atoms. The molecule has 1 fully saturated rings. The van der Waals surface area contributed by atoms with Crippen molar-refractivity contribution >= 4 is 32.6 Å². The molecule has 0 saturated carbocycles. The van der Waals surface area contributed by atoms with Crippen molar-refractivity contribution in [3.63, 3.8) is 0 Å². The molecule has 1 amide bonds. The first-order chi connectivity index (χ1) is 11.2. The van der Waals surface area contributed by atoms with Gasteiger partial charge in [0.25, 0.3) is 5.91 Å². The maximum absolute atomic E-state index is 13.7. The van der Waals surface area contributed by atoms with E-state index in [4.69, 9.17) is 4.52 Å². The number of piperazine rings is 1. The molecule has 8 heteroatoms. The molecule has 0 N–H and O–H groups in total. The fourth-order valence-electron chi connectivity index (χ4n) is 2.62. The van der Waals surface area contributed by atoms with Crippen LogP contribution in [0.5, 0.6) is 0 Å². The molecule has 6 nitrogen and oxygen atoms in total. The van der Waals surface area contributed by atoms with E-state index in [1.165, 1.54) is 23.6 Å². The molecule has 0 radical (unpaired) electrons. The number of fused-ring (bicyclic) bond motifs is 1. The molecule has 1 aromatic carbocycles. The van der Waals surface area contributed by atoms with Crippen LogP contribution >= 0.6 is 11.3 Å². The molecular formula is C15H13FN4O2S. The van der Waals surface area contributed by atoms with Gasteiger partial charge in [0.2, 0.25) is 5.76 Å². The number of nitrogens with zero attached hydrogens (tertiary/aromatic N) is 4. The third-order valence-electron chi connectivity index (χ3n) is 3.84. The Kier molecular flexibility index (Phi) is 3.45. The van der Waals surface area contributed by atoms with Crippen molar-refractivity contribution in [2.45, 2.75) is 0 Å². The first-order valence-electron chi connectivity index (χ1n) is 7.22. The van der Waals surface area contributed by atoms with Gasteiger partial charge in [0.15, 0.2) is 5.13 Å². The number of aromatic nitrogens is 2. The van der Waals surface area contributed by atoms with E-state index < -0.39 is 0 Å². The maximum atomic E-state index is 13.7. The largest absolute Gasteiger partial charge is 0.351 e. The summed E-state index contributed by atoms with van der Waals surface area (Å²) >= 11 is 1.47. The number of hydrogen-bond acceptors (Lipinski definition) is 6. The van der Waals surface area contributed by atoms with Gasteiger partial charge in [0, 0.05) is 32.2 Å². The highest BCUT2D eigenvalue weighted by atomic mass is 32.1. The lowest BCUT2D eigenvalue weighted by atomic mass is 10.3. The molecule has 0 aliphatic carbocycles. The zero-order valence-electron chi connectivity index (χ0n) is 12.1. The van der Waals surface area contributed by atoms with Crippen LogP contribution in [-0.4, -0.2) is 47.1 Å². The first kappa shape index (κ1) is 14.1. The Bertz CT molecular complexity index is 840. The van der Waals surface area contributed by atoms with Crippen molar-refractivity contribution in [3.8, 4) is 0 Å². The number of hydrogen-bond donors (Lipinski definition) is 0. The number of halogens is 1. The van der Waals surface area contributed by atoms with E-state index in [0.29, 0.717) is 31.7 Å². The minimum atomic E-state index is -0.302. The second kappa shape index (κ2) is 5.62. The lowest BCUT2D eigenvalue weighted by molar-refractivity contribution is 0.0705. The number of thiazole rings is 1. The predicted molar refractivity (Wildman–Crippen MR) is 84.2 cm³/mol. The van der Waals surface area contributed by atoms with Crippen LogP contribution < -0.4 is 4.90 Å². The van der Waals surface area contributed by atoms with E-state index in [1.54, 1.807) is 17.0 Å². The number of carbonyl (C=O) groups excluding carboxylic acids is 1. The number of rotatable bonds is 2. The van der Waals surface area contributed by atoms with Crippen LogP contribution in [0.1, 0.15) is 10.6 Å². The lowest BCUT2D eigenvalue weighted by Gasteiger charge is -2.33. The van der Waals surface area contributed by atoms with E-state index in [9.17, 15) is 9.18 Å². The summed E-state index contributed by atoms with van der Waals surface area (Å²) in [6.07, 6.45) is 1.46. The summed E-state index contributed by atoms with van der Waals surface area (Å²) in [6.45, 7) is 2.44. The Balaban J connectivity index is 1.48.